The number of furan rings is 1. The van der Waals surface area contributed by atoms with Crippen molar-refractivity contribution in [2.75, 3.05) is 44.8 Å². The summed E-state index contributed by atoms with van der Waals surface area (Å²) in [5.41, 5.74) is 0.808. The van der Waals surface area contributed by atoms with Gasteiger partial charge >= 0.3 is 5.97 Å². The molecule has 8 nitrogen and oxygen atoms in total. The molecule has 0 aromatic carbocycles. The molecule has 0 saturated carbocycles. The van der Waals surface area contributed by atoms with Gasteiger partial charge in [-0.05, 0) is 27.2 Å². The lowest BCUT2D eigenvalue weighted by Gasteiger charge is -2.30. The second kappa shape index (κ2) is 8.67. The molecule has 3 rings (SSSR count). The fourth-order valence-corrected chi connectivity index (χ4v) is 3.34. The van der Waals surface area contributed by atoms with E-state index in [9.17, 15) is 4.79 Å². The zero-order chi connectivity index (χ0) is 19.4. The molecular formula is C19H28N4O4. The van der Waals surface area contributed by atoms with Crippen molar-refractivity contribution < 1.29 is 18.7 Å². The number of morpholine rings is 1. The van der Waals surface area contributed by atoms with Crippen molar-refractivity contribution in [1.82, 2.24) is 14.9 Å². The van der Waals surface area contributed by atoms with Gasteiger partial charge in [-0.1, -0.05) is 6.92 Å². The molecule has 3 heterocycles. The van der Waals surface area contributed by atoms with Gasteiger partial charge in [-0.3, -0.25) is 4.90 Å². The van der Waals surface area contributed by atoms with E-state index in [1.54, 1.807) is 13.8 Å². The Labute approximate surface area is 159 Å². The minimum absolute atomic E-state index is 0.186. The summed E-state index contributed by atoms with van der Waals surface area (Å²) >= 11 is 0. The lowest BCUT2D eigenvalue weighted by atomic mass is 10.1. The first-order valence-electron chi connectivity index (χ1n) is 9.55. The summed E-state index contributed by atoms with van der Waals surface area (Å²) in [4.78, 5) is 23.8. The van der Waals surface area contributed by atoms with Crippen LogP contribution in [0.5, 0.6) is 0 Å². The Kier molecular flexibility index (Phi) is 6.28. The third-order valence-corrected chi connectivity index (χ3v) is 4.73. The van der Waals surface area contributed by atoms with Gasteiger partial charge in [-0.2, -0.15) is 4.98 Å². The third-order valence-electron chi connectivity index (χ3n) is 4.73. The number of ether oxygens (including phenoxy) is 2. The summed E-state index contributed by atoms with van der Waals surface area (Å²) in [5.74, 6) is 1.30. The second-order valence-electron chi connectivity index (χ2n) is 6.72. The van der Waals surface area contributed by atoms with Gasteiger partial charge in [0.15, 0.2) is 0 Å². The maximum absolute atomic E-state index is 12.5. The van der Waals surface area contributed by atoms with Crippen LogP contribution in [0.4, 0.5) is 5.82 Å². The summed E-state index contributed by atoms with van der Waals surface area (Å²) in [5, 5.41) is 4.10. The lowest BCUT2D eigenvalue weighted by Crippen LogP contribution is -2.43. The van der Waals surface area contributed by atoms with E-state index in [1.807, 2.05) is 6.92 Å². The SMILES string of the molecule is CCOC(=O)c1c(C)oc2nc(C)nc(N[C@@H](CC)CN3CCOCC3)c12. The van der Waals surface area contributed by atoms with Crippen LogP contribution < -0.4 is 5.32 Å². The summed E-state index contributed by atoms with van der Waals surface area (Å²) in [6, 6.07) is 0.186. The van der Waals surface area contributed by atoms with Crippen molar-refractivity contribution in [1.29, 1.82) is 0 Å². The van der Waals surface area contributed by atoms with Gasteiger partial charge in [0.25, 0.3) is 0 Å². The largest absolute Gasteiger partial charge is 0.462 e. The van der Waals surface area contributed by atoms with Gasteiger partial charge in [-0.15, -0.1) is 0 Å². The number of hydrogen-bond donors (Lipinski definition) is 1. The highest BCUT2D eigenvalue weighted by atomic mass is 16.5. The Bertz CT molecular complexity index is 799. The molecule has 148 valence electrons. The van der Waals surface area contributed by atoms with Crippen molar-refractivity contribution in [3.05, 3.63) is 17.1 Å². The molecule has 27 heavy (non-hydrogen) atoms. The summed E-state index contributed by atoms with van der Waals surface area (Å²) in [7, 11) is 0. The molecule has 0 unspecified atom stereocenters. The molecule has 0 amide bonds. The Morgan fingerprint density at radius 1 is 1.26 bits per heavy atom. The van der Waals surface area contributed by atoms with E-state index in [-0.39, 0.29) is 6.04 Å². The molecule has 0 spiro atoms. The fraction of sp³-hybridized carbons (Fsp3) is 0.632. The molecule has 2 aromatic rings. The van der Waals surface area contributed by atoms with E-state index < -0.39 is 5.97 Å². The van der Waals surface area contributed by atoms with Crippen LogP contribution in [0.25, 0.3) is 11.1 Å². The van der Waals surface area contributed by atoms with Crippen molar-refractivity contribution in [2.45, 2.75) is 40.2 Å². The van der Waals surface area contributed by atoms with Gasteiger partial charge < -0.3 is 19.2 Å². The van der Waals surface area contributed by atoms with Crippen LogP contribution in [-0.2, 0) is 9.47 Å². The molecule has 1 saturated heterocycles. The number of aromatic nitrogens is 2. The minimum atomic E-state index is -0.412. The Morgan fingerprint density at radius 2 is 2.00 bits per heavy atom. The number of aryl methyl sites for hydroxylation is 2. The number of anilines is 1. The molecule has 0 aliphatic carbocycles. The first kappa shape index (κ1) is 19.6. The number of nitrogens with one attached hydrogen (secondary N) is 1. The van der Waals surface area contributed by atoms with Crippen molar-refractivity contribution in [3.63, 3.8) is 0 Å². The van der Waals surface area contributed by atoms with Crippen LogP contribution >= 0.6 is 0 Å². The molecule has 0 radical (unpaired) electrons. The Hall–Kier alpha value is -2.19. The number of hydrogen-bond acceptors (Lipinski definition) is 8. The van der Waals surface area contributed by atoms with Gasteiger partial charge in [0.2, 0.25) is 5.71 Å². The Morgan fingerprint density at radius 3 is 2.67 bits per heavy atom. The summed E-state index contributed by atoms with van der Waals surface area (Å²) < 4.78 is 16.4. The predicted molar refractivity (Wildman–Crippen MR) is 102 cm³/mol. The highest BCUT2D eigenvalue weighted by Crippen LogP contribution is 2.31. The number of nitrogens with zero attached hydrogens (tertiary/aromatic N) is 3. The number of esters is 1. The van der Waals surface area contributed by atoms with Crippen LogP contribution in [0.3, 0.4) is 0 Å². The monoisotopic (exact) mass is 376 g/mol. The van der Waals surface area contributed by atoms with Crippen molar-refractivity contribution in [2.24, 2.45) is 0 Å². The molecule has 8 heteroatoms. The van der Waals surface area contributed by atoms with E-state index >= 15 is 0 Å². The van der Waals surface area contributed by atoms with Crippen LogP contribution in [0, 0.1) is 13.8 Å². The van der Waals surface area contributed by atoms with Gasteiger partial charge in [0, 0.05) is 25.7 Å². The molecule has 1 N–H and O–H groups in total. The fourth-order valence-electron chi connectivity index (χ4n) is 3.34. The number of fused-ring (bicyclic) bond motifs is 1. The number of carbonyl (C=O) groups excluding carboxylic acids is 1. The molecule has 1 fully saturated rings. The summed E-state index contributed by atoms with van der Waals surface area (Å²) in [6.45, 7) is 12.0. The summed E-state index contributed by atoms with van der Waals surface area (Å²) in [6.07, 6.45) is 0.924. The van der Waals surface area contributed by atoms with E-state index in [4.69, 9.17) is 13.9 Å². The van der Waals surface area contributed by atoms with Crippen molar-refractivity contribution in [3.8, 4) is 0 Å². The quantitative estimate of drug-likeness (QED) is 0.738. The molecular weight excluding hydrogens is 348 g/mol. The maximum atomic E-state index is 12.5. The van der Waals surface area contributed by atoms with Crippen LogP contribution in [-0.4, -0.2) is 66.3 Å². The molecule has 1 atom stereocenters. The third kappa shape index (κ3) is 4.39. The predicted octanol–water partition coefficient (Wildman–Crippen LogP) is 2.54. The molecule has 1 aliphatic rings. The molecule has 1 aliphatic heterocycles. The van der Waals surface area contributed by atoms with Crippen molar-refractivity contribution >= 4 is 22.9 Å². The van der Waals surface area contributed by atoms with E-state index in [1.165, 1.54) is 0 Å². The zero-order valence-corrected chi connectivity index (χ0v) is 16.5. The first-order chi connectivity index (χ1) is 13.0. The smallest absolute Gasteiger partial charge is 0.342 e. The minimum Gasteiger partial charge on any atom is -0.462 e. The van der Waals surface area contributed by atoms with Crippen LogP contribution in [0.1, 0.15) is 42.2 Å². The highest BCUT2D eigenvalue weighted by molar-refractivity contribution is 6.07. The van der Waals surface area contributed by atoms with E-state index in [2.05, 4.69) is 27.1 Å². The Balaban J connectivity index is 1.92. The second-order valence-corrected chi connectivity index (χ2v) is 6.72. The maximum Gasteiger partial charge on any atom is 0.342 e. The normalized spacial score (nSPS) is 16.4. The average molecular weight is 376 g/mol. The van der Waals surface area contributed by atoms with Crippen LogP contribution in [0.2, 0.25) is 0 Å². The van der Waals surface area contributed by atoms with Gasteiger partial charge in [0.05, 0.1) is 25.2 Å². The average Bonchev–Trinajstić information content (AvgIpc) is 2.98. The van der Waals surface area contributed by atoms with E-state index in [0.29, 0.717) is 40.7 Å². The first-order valence-corrected chi connectivity index (χ1v) is 9.55. The standard InChI is InChI=1S/C19H28N4O4/c1-5-14(11-23-7-9-25-10-8-23)22-17-16-15(19(24)26-6-2)12(3)27-18(16)21-13(4)20-17/h14H,5-11H2,1-4H3,(H,20,21,22)/t14-/m0/s1. The zero-order valence-electron chi connectivity index (χ0n) is 16.5. The molecule has 0 bridgehead atoms. The van der Waals surface area contributed by atoms with Crippen LogP contribution in [0.15, 0.2) is 4.42 Å². The van der Waals surface area contributed by atoms with Gasteiger partial charge in [-0.25, -0.2) is 9.78 Å². The highest BCUT2D eigenvalue weighted by Gasteiger charge is 2.26. The topological polar surface area (TPSA) is 89.7 Å². The number of carbonyl (C=O) groups is 1. The number of rotatable bonds is 7. The van der Waals surface area contributed by atoms with Gasteiger partial charge in [0.1, 0.15) is 23.0 Å². The lowest BCUT2D eigenvalue weighted by molar-refractivity contribution is 0.0360. The molecule has 2 aromatic heterocycles. The van der Waals surface area contributed by atoms with E-state index in [0.717, 1.165) is 39.3 Å².